The van der Waals surface area contributed by atoms with E-state index in [0.717, 1.165) is 15.3 Å². The highest BCUT2D eigenvalue weighted by molar-refractivity contribution is 7.21. The van der Waals surface area contributed by atoms with E-state index in [-0.39, 0.29) is 0 Å². The van der Waals surface area contributed by atoms with Crippen LogP contribution in [0.25, 0.3) is 31.2 Å². The van der Waals surface area contributed by atoms with E-state index in [4.69, 9.17) is 11.3 Å². The monoisotopic (exact) mass is 267 g/mol. The molecule has 0 saturated heterocycles. The van der Waals surface area contributed by atoms with Crippen LogP contribution in [0.15, 0.2) is 47.6 Å². The van der Waals surface area contributed by atoms with E-state index >= 15 is 0 Å². The minimum Gasteiger partial charge on any atom is -0.398 e. The van der Waals surface area contributed by atoms with E-state index in [9.17, 15) is 0 Å². The van der Waals surface area contributed by atoms with Crippen molar-refractivity contribution in [1.29, 1.82) is 0 Å². The molecule has 0 amide bonds. The molecular formula is C13H9N5S. The molecule has 3 rings (SSSR count). The lowest BCUT2D eigenvalue weighted by molar-refractivity contribution is 1.43. The number of benzene rings is 2. The maximum absolute atomic E-state index is 8.56. The quantitative estimate of drug-likeness (QED) is 0.321. The number of hydrogen-bond donors (Lipinski definition) is 1. The number of nitrogen functional groups attached to an aromatic ring is 1. The second-order valence-electron chi connectivity index (χ2n) is 3.92. The third-order valence-electron chi connectivity index (χ3n) is 2.74. The third-order valence-corrected chi connectivity index (χ3v) is 3.80. The molecule has 0 bridgehead atoms. The second kappa shape index (κ2) is 4.61. The predicted octanol–water partition coefficient (Wildman–Crippen LogP) is 4.49. The van der Waals surface area contributed by atoms with Crippen molar-refractivity contribution in [2.75, 3.05) is 5.73 Å². The van der Waals surface area contributed by atoms with Crippen LogP contribution in [0.1, 0.15) is 0 Å². The molecule has 0 unspecified atom stereocenters. The summed E-state index contributed by atoms with van der Waals surface area (Å²) in [5.74, 6) is 0. The Kier molecular flexibility index (Phi) is 2.79. The van der Waals surface area contributed by atoms with Gasteiger partial charge in [0.1, 0.15) is 5.01 Å². The molecule has 0 radical (unpaired) electrons. The van der Waals surface area contributed by atoms with Crippen LogP contribution in [0, 0.1) is 0 Å². The van der Waals surface area contributed by atoms with Crippen molar-refractivity contribution in [1.82, 2.24) is 4.98 Å². The Morgan fingerprint density at radius 1 is 1.16 bits per heavy atom. The molecular weight excluding hydrogens is 258 g/mol. The van der Waals surface area contributed by atoms with E-state index < -0.39 is 0 Å². The summed E-state index contributed by atoms with van der Waals surface area (Å²) in [6, 6.07) is 13.1. The molecule has 0 atom stereocenters. The molecule has 5 nitrogen and oxygen atoms in total. The zero-order valence-electron chi connectivity index (χ0n) is 9.82. The standard InChI is InChI=1S/C13H9N5S/c14-9-5-2-1-4-8(9)13-16-12-10(17-18-15)6-3-7-11(12)19-13/h1-7H,14H2. The normalized spacial score (nSPS) is 10.3. The summed E-state index contributed by atoms with van der Waals surface area (Å²) in [7, 11) is 0. The van der Waals surface area contributed by atoms with Crippen molar-refractivity contribution in [2.24, 2.45) is 5.11 Å². The van der Waals surface area contributed by atoms with Gasteiger partial charge in [0.25, 0.3) is 0 Å². The van der Waals surface area contributed by atoms with E-state index in [1.807, 2.05) is 36.4 Å². The van der Waals surface area contributed by atoms with E-state index in [0.29, 0.717) is 16.9 Å². The second-order valence-corrected chi connectivity index (χ2v) is 4.95. The van der Waals surface area contributed by atoms with Crippen molar-refractivity contribution < 1.29 is 0 Å². The number of nitrogens with zero attached hydrogens (tertiary/aromatic N) is 4. The molecule has 0 aliphatic heterocycles. The largest absolute Gasteiger partial charge is 0.398 e. The Morgan fingerprint density at radius 2 is 2.00 bits per heavy atom. The van der Waals surface area contributed by atoms with Gasteiger partial charge >= 0.3 is 0 Å². The Labute approximate surface area is 113 Å². The van der Waals surface area contributed by atoms with Crippen LogP contribution >= 0.6 is 11.3 Å². The number of hydrogen-bond acceptors (Lipinski definition) is 4. The lowest BCUT2D eigenvalue weighted by atomic mass is 10.2. The molecule has 3 aromatic rings. The summed E-state index contributed by atoms with van der Waals surface area (Å²) in [6.07, 6.45) is 0. The van der Waals surface area contributed by atoms with Crippen LogP contribution in [-0.2, 0) is 0 Å². The van der Waals surface area contributed by atoms with Crippen LogP contribution in [0.3, 0.4) is 0 Å². The Morgan fingerprint density at radius 3 is 2.79 bits per heavy atom. The molecule has 0 aliphatic carbocycles. The van der Waals surface area contributed by atoms with Crippen molar-refractivity contribution >= 4 is 32.9 Å². The van der Waals surface area contributed by atoms with Crippen molar-refractivity contribution in [3.05, 3.63) is 52.9 Å². The molecule has 0 spiro atoms. The van der Waals surface area contributed by atoms with E-state index in [2.05, 4.69) is 15.0 Å². The summed E-state index contributed by atoms with van der Waals surface area (Å²) in [6.45, 7) is 0. The molecule has 92 valence electrons. The Hall–Kier alpha value is -2.56. The first kappa shape index (κ1) is 11.5. The average molecular weight is 267 g/mol. The fourth-order valence-corrected chi connectivity index (χ4v) is 2.90. The first-order chi connectivity index (χ1) is 9.29. The smallest absolute Gasteiger partial charge is 0.126 e. The first-order valence-electron chi connectivity index (χ1n) is 5.59. The first-order valence-corrected chi connectivity index (χ1v) is 6.41. The van der Waals surface area contributed by atoms with Gasteiger partial charge in [-0.2, -0.15) is 0 Å². The van der Waals surface area contributed by atoms with Gasteiger partial charge in [0.2, 0.25) is 0 Å². The molecule has 1 heterocycles. The van der Waals surface area contributed by atoms with Gasteiger partial charge in [-0.1, -0.05) is 29.4 Å². The number of para-hydroxylation sites is 2. The molecule has 2 aromatic carbocycles. The summed E-state index contributed by atoms with van der Waals surface area (Å²) >= 11 is 1.53. The fourth-order valence-electron chi connectivity index (χ4n) is 1.87. The van der Waals surface area contributed by atoms with Gasteiger partial charge in [-0.3, -0.25) is 0 Å². The average Bonchev–Trinajstić information content (AvgIpc) is 2.84. The van der Waals surface area contributed by atoms with Gasteiger partial charge in [0.15, 0.2) is 0 Å². The maximum Gasteiger partial charge on any atom is 0.126 e. The minimum atomic E-state index is 0.539. The molecule has 6 heteroatoms. The molecule has 2 N–H and O–H groups in total. The molecule has 0 fully saturated rings. The number of fused-ring (bicyclic) bond motifs is 1. The SMILES string of the molecule is [N-]=[N+]=Nc1cccc2sc(-c3ccccc3N)nc12. The van der Waals surface area contributed by atoms with Crippen molar-refractivity contribution in [3.8, 4) is 10.6 Å². The molecule has 0 aliphatic rings. The highest BCUT2D eigenvalue weighted by atomic mass is 32.1. The highest BCUT2D eigenvalue weighted by Crippen LogP contribution is 2.36. The van der Waals surface area contributed by atoms with Gasteiger partial charge in [-0.25, -0.2) is 4.98 Å². The van der Waals surface area contributed by atoms with Crippen molar-refractivity contribution in [2.45, 2.75) is 0 Å². The number of azide groups is 1. The summed E-state index contributed by atoms with van der Waals surface area (Å²) in [5.41, 5.74) is 17.4. The van der Waals surface area contributed by atoms with E-state index in [1.165, 1.54) is 11.3 Å². The fraction of sp³-hybridized carbons (Fsp3) is 0. The number of thiazole rings is 1. The number of nitrogens with two attached hydrogens (primary N) is 1. The van der Waals surface area contributed by atoms with Gasteiger partial charge < -0.3 is 5.73 Å². The lowest BCUT2D eigenvalue weighted by Crippen LogP contribution is -1.88. The van der Waals surface area contributed by atoms with Gasteiger partial charge in [0.05, 0.1) is 15.9 Å². The topological polar surface area (TPSA) is 87.7 Å². The highest BCUT2D eigenvalue weighted by Gasteiger charge is 2.10. The summed E-state index contributed by atoms with van der Waals surface area (Å²) < 4.78 is 0.975. The number of aromatic nitrogens is 1. The molecule has 1 aromatic heterocycles. The van der Waals surface area contributed by atoms with Crippen LogP contribution in [-0.4, -0.2) is 4.98 Å². The maximum atomic E-state index is 8.56. The predicted molar refractivity (Wildman–Crippen MR) is 78.3 cm³/mol. The van der Waals surface area contributed by atoms with E-state index in [1.54, 1.807) is 6.07 Å². The Bertz CT molecular complexity index is 802. The summed E-state index contributed by atoms with van der Waals surface area (Å²) in [4.78, 5) is 7.36. The number of anilines is 1. The van der Waals surface area contributed by atoms with Crippen LogP contribution < -0.4 is 5.73 Å². The van der Waals surface area contributed by atoms with Crippen LogP contribution in [0.4, 0.5) is 11.4 Å². The van der Waals surface area contributed by atoms with Gasteiger partial charge in [0, 0.05) is 16.2 Å². The minimum absolute atomic E-state index is 0.539. The third kappa shape index (κ3) is 1.99. The lowest BCUT2D eigenvalue weighted by Gasteiger charge is -1.99. The molecule has 19 heavy (non-hydrogen) atoms. The van der Waals surface area contributed by atoms with Crippen molar-refractivity contribution in [3.63, 3.8) is 0 Å². The summed E-state index contributed by atoms with van der Waals surface area (Å²) in [5, 5.41) is 4.49. The molecule has 0 saturated carbocycles. The number of rotatable bonds is 2. The zero-order chi connectivity index (χ0) is 13.2. The van der Waals surface area contributed by atoms with Gasteiger partial charge in [-0.05, 0) is 23.7 Å². The van der Waals surface area contributed by atoms with Crippen LogP contribution in [0.2, 0.25) is 0 Å². The van der Waals surface area contributed by atoms with Gasteiger partial charge in [-0.15, -0.1) is 11.3 Å². The Balaban J connectivity index is 2.25. The zero-order valence-corrected chi connectivity index (χ0v) is 10.6. The van der Waals surface area contributed by atoms with Crippen LogP contribution in [0.5, 0.6) is 0 Å².